The third-order valence-corrected chi connectivity index (χ3v) is 5.55. The lowest BCUT2D eigenvalue weighted by atomic mass is 9.84. The van der Waals surface area contributed by atoms with Crippen molar-refractivity contribution in [3.63, 3.8) is 0 Å². The lowest BCUT2D eigenvalue weighted by Gasteiger charge is -2.51. The minimum absolute atomic E-state index is 0.115. The zero-order valence-corrected chi connectivity index (χ0v) is 14.8. The van der Waals surface area contributed by atoms with Crippen LogP contribution in [0, 0.1) is 5.92 Å². The Morgan fingerprint density at radius 1 is 1.32 bits per heavy atom. The third-order valence-electron chi connectivity index (χ3n) is 5.55. The molecule has 0 N–H and O–H groups in total. The molecule has 0 radical (unpaired) electrons. The van der Waals surface area contributed by atoms with Crippen molar-refractivity contribution in [2.75, 3.05) is 33.3 Å². The Morgan fingerprint density at radius 3 is 2.84 bits per heavy atom. The van der Waals surface area contributed by atoms with Crippen LogP contribution < -0.4 is 4.74 Å². The molecule has 0 unspecified atom stereocenters. The molecule has 2 aromatic heterocycles. The average molecular weight is 340 g/mol. The van der Waals surface area contributed by atoms with Gasteiger partial charge in [-0.2, -0.15) is 0 Å². The highest BCUT2D eigenvalue weighted by molar-refractivity contribution is 5.93. The summed E-state index contributed by atoms with van der Waals surface area (Å²) in [4.78, 5) is 21.0. The summed E-state index contributed by atoms with van der Waals surface area (Å²) in [7, 11) is 4.07. The highest BCUT2D eigenvalue weighted by Gasteiger charge is 2.53. The van der Waals surface area contributed by atoms with Crippen LogP contribution in [0.2, 0.25) is 0 Å². The molecule has 4 rings (SSSR count). The van der Waals surface area contributed by atoms with E-state index in [0.717, 1.165) is 37.5 Å². The molecule has 1 atom stereocenters. The molecular formula is C19H24N4O2. The summed E-state index contributed by atoms with van der Waals surface area (Å²) >= 11 is 0. The van der Waals surface area contributed by atoms with Gasteiger partial charge in [-0.1, -0.05) is 0 Å². The topological polar surface area (TPSA) is 50.6 Å². The predicted molar refractivity (Wildman–Crippen MR) is 94.5 cm³/mol. The van der Waals surface area contributed by atoms with Crippen molar-refractivity contribution in [2.24, 2.45) is 13.0 Å². The molecule has 1 amide bonds. The second-order valence-electron chi connectivity index (χ2n) is 7.34. The number of likely N-dealkylation sites (N-methyl/N-ethyl adjacent to an activating group) is 1. The van der Waals surface area contributed by atoms with E-state index >= 15 is 0 Å². The van der Waals surface area contributed by atoms with E-state index in [0.29, 0.717) is 12.5 Å². The number of hydrogen-bond acceptors (Lipinski definition) is 4. The molecule has 2 fully saturated rings. The molecule has 1 spiro atoms. The van der Waals surface area contributed by atoms with Crippen LogP contribution in [-0.4, -0.2) is 64.1 Å². The van der Waals surface area contributed by atoms with Crippen molar-refractivity contribution < 1.29 is 9.53 Å². The molecule has 2 aliphatic heterocycles. The number of rotatable bonds is 4. The molecule has 0 bridgehead atoms. The largest absolute Gasteiger partial charge is 0.492 e. The van der Waals surface area contributed by atoms with E-state index in [1.54, 1.807) is 12.4 Å². The molecule has 6 nitrogen and oxygen atoms in total. The van der Waals surface area contributed by atoms with Gasteiger partial charge in [-0.15, -0.1) is 0 Å². The van der Waals surface area contributed by atoms with Gasteiger partial charge in [0.25, 0.3) is 5.91 Å². The maximum atomic E-state index is 12.6. The second-order valence-corrected chi connectivity index (χ2v) is 7.34. The lowest BCUT2D eigenvalue weighted by Crippen LogP contribution is -2.68. The number of pyridine rings is 1. The summed E-state index contributed by atoms with van der Waals surface area (Å²) in [5.41, 5.74) is 0.871. The summed E-state index contributed by atoms with van der Waals surface area (Å²) in [6, 6.07) is 7.62. The van der Waals surface area contributed by atoms with Gasteiger partial charge in [0.2, 0.25) is 0 Å². The summed E-state index contributed by atoms with van der Waals surface area (Å²) in [6.07, 6.45) is 6.48. The van der Waals surface area contributed by atoms with Gasteiger partial charge in [0.15, 0.2) is 0 Å². The molecule has 2 aliphatic rings. The monoisotopic (exact) mass is 340 g/mol. The number of carbonyl (C=O) groups excluding carboxylic acids is 1. The van der Waals surface area contributed by atoms with Crippen molar-refractivity contribution in [3.8, 4) is 5.75 Å². The zero-order valence-electron chi connectivity index (χ0n) is 14.8. The maximum Gasteiger partial charge on any atom is 0.270 e. The fourth-order valence-electron chi connectivity index (χ4n) is 4.12. The van der Waals surface area contributed by atoms with E-state index in [1.165, 1.54) is 0 Å². The number of carbonyl (C=O) groups is 1. The number of amides is 1. The summed E-state index contributed by atoms with van der Waals surface area (Å²) in [5, 5.41) is 0. The molecule has 0 saturated carbocycles. The molecule has 2 saturated heterocycles. The minimum atomic E-state index is 0.115. The number of ether oxygens (including phenoxy) is 1. The number of hydrogen-bond donors (Lipinski definition) is 0. The molecule has 0 aliphatic carbocycles. The molecule has 4 heterocycles. The van der Waals surface area contributed by atoms with Gasteiger partial charge in [-0.3, -0.25) is 14.7 Å². The Bertz CT molecular complexity index is 752. The Hall–Kier alpha value is -2.34. The van der Waals surface area contributed by atoms with Gasteiger partial charge in [0.05, 0.1) is 18.3 Å². The molecule has 0 aromatic carbocycles. The first-order valence-corrected chi connectivity index (χ1v) is 8.72. The second kappa shape index (κ2) is 6.19. The van der Waals surface area contributed by atoms with E-state index in [2.05, 4.69) is 16.9 Å². The van der Waals surface area contributed by atoms with E-state index in [4.69, 9.17) is 4.74 Å². The van der Waals surface area contributed by atoms with Crippen LogP contribution in [0.25, 0.3) is 0 Å². The number of likely N-dealkylation sites (tertiary alicyclic amines) is 2. The van der Waals surface area contributed by atoms with E-state index < -0.39 is 0 Å². The molecule has 25 heavy (non-hydrogen) atoms. The van der Waals surface area contributed by atoms with Gasteiger partial charge >= 0.3 is 0 Å². The molecule has 6 heteroatoms. The first-order chi connectivity index (χ1) is 12.1. The van der Waals surface area contributed by atoms with E-state index in [1.807, 2.05) is 47.0 Å². The number of aromatic nitrogens is 2. The molecule has 132 valence electrons. The Labute approximate surface area is 148 Å². The fraction of sp³-hybridized carbons (Fsp3) is 0.474. The van der Waals surface area contributed by atoms with Gasteiger partial charge in [-0.25, -0.2) is 0 Å². The summed E-state index contributed by atoms with van der Waals surface area (Å²) in [5.74, 6) is 1.43. The van der Waals surface area contributed by atoms with Gasteiger partial charge in [-0.05, 0) is 37.7 Å². The van der Waals surface area contributed by atoms with Crippen molar-refractivity contribution >= 4 is 5.91 Å². The summed E-state index contributed by atoms with van der Waals surface area (Å²) in [6.45, 7) is 3.31. The maximum absolute atomic E-state index is 12.6. The third kappa shape index (κ3) is 2.91. The highest BCUT2D eigenvalue weighted by atomic mass is 16.5. The summed E-state index contributed by atoms with van der Waals surface area (Å²) < 4.78 is 7.76. The minimum Gasteiger partial charge on any atom is -0.492 e. The van der Waals surface area contributed by atoms with Crippen LogP contribution in [-0.2, 0) is 7.05 Å². The predicted octanol–water partition coefficient (Wildman–Crippen LogP) is 1.65. The van der Waals surface area contributed by atoms with E-state index in [9.17, 15) is 4.79 Å². The Balaban J connectivity index is 1.33. The van der Waals surface area contributed by atoms with Crippen molar-refractivity contribution in [1.82, 2.24) is 19.4 Å². The highest BCUT2D eigenvalue weighted by Crippen LogP contribution is 2.40. The van der Waals surface area contributed by atoms with Gasteiger partial charge in [0.1, 0.15) is 11.4 Å². The van der Waals surface area contributed by atoms with Crippen molar-refractivity contribution in [1.29, 1.82) is 0 Å². The number of nitrogens with zero attached hydrogens (tertiary/aromatic N) is 4. The van der Waals surface area contributed by atoms with Crippen LogP contribution in [0.5, 0.6) is 5.75 Å². The van der Waals surface area contributed by atoms with Crippen molar-refractivity contribution in [3.05, 3.63) is 48.5 Å². The fourth-order valence-corrected chi connectivity index (χ4v) is 4.12. The quantitative estimate of drug-likeness (QED) is 0.849. The van der Waals surface area contributed by atoms with Crippen LogP contribution in [0.1, 0.15) is 16.9 Å². The lowest BCUT2D eigenvalue weighted by molar-refractivity contribution is -0.00828. The van der Waals surface area contributed by atoms with Crippen molar-refractivity contribution in [2.45, 2.75) is 12.0 Å². The Morgan fingerprint density at radius 2 is 2.16 bits per heavy atom. The van der Waals surface area contributed by atoms with Crippen LogP contribution >= 0.6 is 0 Å². The van der Waals surface area contributed by atoms with E-state index in [-0.39, 0.29) is 11.4 Å². The zero-order chi connectivity index (χ0) is 17.4. The Kier molecular flexibility index (Phi) is 4.00. The van der Waals surface area contributed by atoms with Crippen LogP contribution in [0.15, 0.2) is 42.9 Å². The standard InChI is InChI=1S/C19H24N4O2/c1-21-8-4-6-17(21)18(24)23-13-19(14-23)9-15(11-22(19)2)12-25-16-5-3-7-20-10-16/h3-8,10,15H,9,11-14H2,1-2H3/t15-/m1/s1. The average Bonchev–Trinajstić information content (AvgIpc) is 3.15. The smallest absolute Gasteiger partial charge is 0.270 e. The van der Waals surface area contributed by atoms with Gasteiger partial charge < -0.3 is 14.2 Å². The normalized spacial score (nSPS) is 22.2. The molecule has 2 aromatic rings. The van der Waals surface area contributed by atoms with Crippen LogP contribution in [0.4, 0.5) is 0 Å². The van der Waals surface area contributed by atoms with Gasteiger partial charge in [0, 0.05) is 45.0 Å². The molecular weight excluding hydrogens is 316 g/mol. The first-order valence-electron chi connectivity index (χ1n) is 8.72. The van der Waals surface area contributed by atoms with Crippen LogP contribution in [0.3, 0.4) is 0 Å². The SMILES string of the molecule is CN1C[C@H](COc2cccnc2)CC12CN(C(=O)c1cccn1C)C2. The first kappa shape index (κ1) is 16.1. The number of aryl methyl sites for hydroxylation is 1.